The van der Waals surface area contributed by atoms with E-state index in [1.54, 1.807) is 13.8 Å². The molecule has 0 rings (SSSR count). The Morgan fingerprint density at radius 2 is 1.85 bits per heavy atom. The molecule has 2 N–H and O–H groups in total. The van der Waals surface area contributed by atoms with Crippen LogP contribution in [0.4, 0.5) is 0 Å². The van der Waals surface area contributed by atoms with Crippen molar-refractivity contribution in [3.63, 3.8) is 0 Å². The van der Waals surface area contributed by atoms with Gasteiger partial charge in [0.2, 0.25) is 0 Å². The van der Waals surface area contributed by atoms with Crippen LogP contribution in [0.1, 0.15) is 34.5 Å². The maximum atomic E-state index is 10.7. The van der Waals surface area contributed by atoms with Gasteiger partial charge in [0.05, 0.1) is 5.41 Å². The molecule has 0 aliphatic carbocycles. The van der Waals surface area contributed by atoms with Crippen LogP contribution in [0.15, 0.2) is 0 Å². The van der Waals surface area contributed by atoms with E-state index < -0.39 is 17.4 Å². The van der Waals surface area contributed by atoms with E-state index in [-0.39, 0.29) is 72.5 Å². The molecule has 13 heavy (non-hydrogen) atoms. The van der Waals surface area contributed by atoms with Crippen LogP contribution < -0.4 is 58.2 Å². The summed E-state index contributed by atoms with van der Waals surface area (Å²) in [7, 11) is 0. The van der Waals surface area contributed by atoms with Crippen molar-refractivity contribution < 1.29 is 79.4 Å². The number of carboxylic acids is 2. The first-order valence-electron chi connectivity index (χ1n) is 3.87. The van der Waals surface area contributed by atoms with Gasteiger partial charge in [-0.1, -0.05) is 6.92 Å². The molecule has 0 aromatic rings. The van der Waals surface area contributed by atoms with Gasteiger partial charge in [0.1, 0.15) is 0 Å². The molecule has 0 radical (unpaired) electrons. The van der Waals surface area contributed by atoms with Crippen LogP contribution in [0.3, 0.4) is 0 Å². The van der Waals surface area contributed by atoms with Crippen LogP contribution in [0.2, 0.25) is 0 Å². The first kappa shape index (κ1) is 16.2. The van der Waals surface area contributed by atoms with Crippen LogP contribution in [0, 0.1) is 5.41 Å². The molecule has 0 heterocycles. The molecule has 0 fully saturated rings. The topological polar surface area (TPSA) is 74.6 Å². The number of hydrogen-bond acceptors (Lipinski definition) is 2. The van der Waals surface area contributed by atoms with E-state index in [4.69, 9.17) is 10.2 Å². The van der Waals surface area contributed by atoms with Gasteiger partial charge >= 0.3 is 70.1 Å². The Labute approximate surface area is 128 Å². The maximum absolute atomic E-state index is 10.7. The maximum Gasteiger partial charge on any atom is 1.00 e. The molecule has 0 saturated carbocycles. The van der Waals surface area contributed by atoms with E-state index in [0.717, 1.165) is 0 Å². The van der Waals surface area contributed by atoms with Crippen molar-refractivity contribution in [2.24, 2.45) is 5.41 Å². The Morgan fingerprint density at radius 3 is 2.08 bits per heavy atom. The summed E-state index contributed by atoms with van der Waals surface area (Å²) in [5, 5.41) is 17.1. The van der Waals surface area contributed by atoms with Crippen molar-refractivity contribution in [3.05, 3.63) is 0 Å². The fraction of sp³-hybridized carbons (Fsp3) is 0.750. The summed E-state index contributed by atoms with van der Waals surface area (Å²) in [6.07, 6.45) is 0.556. The summed E-state index contributed by atoms with van der Waals surface area (Å²) in [4.78, 5) is 20.9. The molecule has 0 saturated heterocycles. The van der Waals surface area contributed by atoms with Crippen LogP contribution in [0.5, 0.6) is 0 Å². The smallest absolute Gasteiger partial charge is 1.00 e. The van der Waals surface area contributed by atoms with E-state index in [1.807, 2.05) is 0 Å². The van der Waals surface area contributed by atoms with E-state index in [1.165, 1.54) is 0 Å². The third-order valence-electron chi connectivity index (χ3n) is 2.19. The molecular weight excluding hydrogens is 246 g/mol. The zero-order chi connectivity index (χ0) is 9.78. The van der Waals surface area contributed by atoms with Gasteiger partial charge in [-0.25, -0.2) is 0 Å². The summed E-state index contributed by atoms with van der Waals surface area (Å²) in [6, 6.07) is 0. The molecule has 4 nitrogen and oxygen atoms in total. The summed E-state index contributed by atoms with van der Waals surface area (Å²) in [6.45, 7) is 3.31. The molecule has 0 spiro atoms. The summed E-state index contributed by atoms with van der Waals surface area (Å²) >= 11 is 0. The van der Waals surface area contributed by atoms with E-state index in [0.29, 0.717) is 6.42 Å². The number of carbonyl (C=O) groups is 2. The molecule has 1 unspecified atom stereocenters. The van der Waals surface area contributed by atoms with Gasteiger partial charge in [0, 0.05) is 6.42 Å². The Hall–Kier alpha value is 0.745. The van der Waals surface area contributed by atoms with Crippen molar-refractivity contribution in [1.29, 1.82) is 0 Å². The first-order valence-corrected chi connectivity index (χ1v) is 3.87. The van der Waals surface area contributed by atoms with Crippen LogP contribution in [-0.4, -0.2) is 22.2 Å². The predicted molar refractivity (Wildman–Crippen MR) is 44.0 cm³/mol. The van der Waals surface area contributed by atoms with Gasteiger partial charge in [-0.2, -0.15) is 0 Å². The minimum atomic E-state index is -0.948. The van der Waals surface area contributed by atoms with Crippen molar-refractivity contribution in [1.82, 2.24) is 0 Å². The Kier molecular flexibility index (Phi) is 8.83. The van der Waals surface area contributed by atoms with Crippen LogP contribution in [-0.2, 0) is 9.59 Å². The summed E-state index contributed by atoms with van der Waals surface area (Å²) in [5.41, 5.74) is -0.890. The predicted octanol–water partition coefficient (Wildman–Crippen LogP) is -1.53. The average molecular weight is 261 g/mol. The second-order valence-corrected chi connectivity index (χ2v) is 3.11. The first-order chi connectivity index (χ1) is 5.42. The van der Waals surface area contributed by atoms with Gasteiger partial charge in [-0.05, 0) is 19.8 Å². The van der Waals surface area contributed by atoms with E-state index in [2.05, 4.69) is 0 Å². The normalized spacial score (nSPS) is 14.0. The number of rotatable bonds is 5. The fourth-order valence-corrected chi connectivity index (χ4v) is 0.818. The molecule has 0 amide bonds. The third-order valence-corrected chi connectivity index (χ3v) is 2.19. The van der Waals surface area contributed by atoms with Crippen LogP contribution >= 0.6 is 0 Å². The number of hydrogen-bond donors (Lipinski definition) is 2. The van der Waals surface area contributed by atoms with Crippen molar-refractivity contribution >= 4 is 11.9 Å². The quantitative estimate of drug-likeness (QED) is 0.629. The fourth-order valence-electron chi connectivity index (χ4n) is 0.818. The summed E-state index contributed by atoms with van der Waals surface area (Å²) in [5.74, 6) is -1.87. The molecule has 0 aromatic carbocycles. The molecule has 0 bridgehead atoms. The average Bonchev–Trinajstić information content (AvgIpc) is 1.99. The SMILES string of the molecule is CCC(C)(CCC(=O)O)C(=O)O.[H-].[Rb+]. The molecule has 0 aromatic heterocycles. The van der Waals surface area contributed by atoms with Crippen molar-refractivity contribution in [3.8, 4) is 0 Å². The molecule has 5 heteroatoms. The van der Waals surface area contributed by atoms with Gasteiger partial charge in [0.25, 0.3) is 0 Å². The van der Waals surface area contributed by atoms with Gasteiger partial charge < -0.3 is 11.6 Å². The van der Waals surface area contributed by atoms with Crippen molar-refractivity contribution in [2.75, 3.05) is 0 Å². The van der Waals surface area contributed by atoms with Crippen LogP contribution in [0.25, 0.3) is 0 Å². The molecule has 72 valence electrons. The van der Waals surface area contributed by atoms with E-state index >= 15 is 0 Å². The third kappa shape index (κ3) is 5.94. The molecule has 0 aliphatic heterocycles. The minimum Gasteiger partial charge on any atom is -1.00 e. The van der Waals surface area contributed by atoms with Gasteiger partial charge in [0.15, 0.2) is 0 Å². The van der Waals surface area contributed by atoms with E-state index in [9.17, 15) is 9.59 Å². The zero-order valence-corrected chi connectivity index (χ0v) is 13.2. The number of aliphatic carboxylic acids is 2. The standard InChI is InChI=1S/C8H14O4.Rb.H/c1-3-8(2,7(11)12)5-4-6(9)10;;/h3-5H2,1-2H3,(H,9,10)(H,11,12);;/q;+1;-1. The molecule has 1 atom stereocenters. The largest absolute Gasteiger partial charge is 1.00 e. The monoisotopic (exact) mass is 260 g/mol. The number of carboxylic acid groups (broad SMARTS) is 2. The van der Waals surface area contributed by atoms with Crippen molar-refractivity contribution in [2.45, 2.75) is 33.1 Å². The zero-order valence-electron chi connectivity index (χ0n) is 9.33. The minimum absolute atomic E-state index is 0. The molecular formula is C8H15O4Rb. The second kappa shape index (κ2) is 7.09. The Bertz CT molecular complexity index is 198. The van der Waals surface area contributed by atoms with Gasteiger partial charge in [-0.3, -0.25) is 9.59 Å². The summed E-state index contributed by atoms with van der Waals surface area (Å²) < 4.78 is 0. The Morgan fingerprint density at radius 1 is 1.38 bits per heavy atom. The molecule has 0 aliphatic rings. The second-order valence-electron chi connectivity index (χ2n) is 3.11. The Balaban J connectivity index is -0.000000605. The van der Waals surface area contributed by atoms with Gasteiger partial charge in [-0.15, -0.1) is 0 Å².